The Labute approximate surface area is 99.5 Å². The van der Waals surface area contributed by atoms with E-state index in [0.29, 0.717) is 19.4 Å². The number of benzene rings is 1. The maximum atomic E-state index is 11.1. The molecule has 0 aliphatic heterocycles. The van der Waals surface area contributed by atoms with Crippen LogP contribution in [0.2, 0.25) is 0 Å². The summed E-state index contributed by atoms with van der Waals surface area (Å²) in [4.78, 5) is 24.2. The highest BCUT2D eigenvalue weighted by Crippen LogP contribution is 2.16. The molecule has 0 atom stereocenters. The van der Waals surface area contributed by atoms with Crippen molar-refractivity contribution >= 4 is 18.5 Å². The van der Waals surface area contributed by atoms with Crippen molar-refractivity contribution in [2.45, 2.75) is 6.42 Å². The normalized spacial score (nSPS) is 10.2. The molecule has 17 heavy (non-hydrogen) atoms. The van der Waals surface area contributed by atoms with Crippen LogP contribution in [0.3, 0.4) is 0 Å². The minimum atomic E-state index is -0.382. The predicted octanol–water partition coefficient (Wildman–Crippen LogP) is 0.581. The molecule has 0 unspecified atom stereocenters. The minimum Gasteiger partial charge on any atom is -0.496 e. The first-order chi connectivity index (χ1) is 8.27. The molecule has 0 heterocycles. The van der Waals surface area contributed by atoms with Crippen molar-refractivity contribution in [1.82, 2.24) is 5.32 Å². The van der Waals surface area contributed by atoms with Gasteiger partial charge in [0.25, 0.3) is 5.91 Å². The molecule has 0 saturated carbocycles. The number of rotatable bonds is 6. The lowest BCUT2D eigenvalue weighted by atomic mass is 10.1. The Balaban J connectivity index is 2.43. The first kappa shape index (κ1) is 12.9. The molecular formula is C12H14N2O3. The van der Waals surface area contributed by atoms with Crippen LogP contribution in [0.25, 0.3) is 0 Å². The molecule has 0 spiro atoms. The van der Waals surface area contributed by atoms with Gasteiger partial charge in [0.1, 0.15) is 5.75 Å². The van der Waals surface area contributed by atoms with Crippen LogP contribution in [0.15, 0.2) is 29.3 Å². The summed E-state index contributed by atoms with van der Waals surface area (Å²) in [7, 11) is 1.61. The van der Waals surface area contributed by atoms with Crippen LogP contribution in [0, 0.1) is 0 Å². The van der Waals surface area contributed by atoms with Gasteiger partial charge in [-0.2, -0.15) is 0 Å². The first-order valence-corrected chi connectivity index (χ1v) is 5.14. The number of methoxy groups -OCH3 is 1. The van der Waals surface area contributed by atoms with Crippen molar-refractivity contribution in [3.63, 3.8) is 0 Å². The highest BCUT2D eigenvalue weighted by Gasteiger charge is 2.02. The van der Waals surface area contributed by atoms with E-state index in [1.54, 1.807) is 7.11 Å². The largest absolute Gasteiger partial charge is 0.496 e. The molecule has 0 radical (unpaired) electrons. The van der Waals surface area contributed by atoms with E-state index in [2.05, 4.69) is 10.3 Å². The Morgan fingerprint density at radius 3 is 2.94 bits per heavy atom. The van der Waals surface area contributed by atoms with Crippen molar-refractivity contribution in [3.8, 4) is 5.75 Å². The van der Waals surface area contributed by atoms with Crippen LogP contribution in [0.5, 0.6) is 5.75 Å². The number of nitrogens with one attached hydrogen (secondary N) is 1. The molecule has 90 valence electrons. The van der Waals surface area contributed by atoms with Gasteiger partial charge >= 0.3 is 0 Å². The molecule has 0 saturated heterocycles. The number of hydrogen-bond acceptors (Lipinski definition) is 3. The summed E-state index contributed by atoms with van der Waals surface area (Å²) in [6.07, 6.45) is 1.93. The second kappa shape index (κ2) is 7.16. The van der Waals surface area contributed by atoms with Crippen LogP contribution in [-0.2, 0) is 16.0 Å². The first-order valence-electron chi connectivity index (χ1n) is 5.14. The van der Waals surface area contributed by atoms with E-state index >= 15 is 0 Å². The fourth-order valence-corrected chi connectivity index (χ4v) is 1.37. The maximum Gasteiger partial charge on any atom is 0.262 e. The number of ether oxygens (including phenoxy) is 1. The SMILES string of the molecule is COc1ccccc1CCNC(=O)C=NC=O. The second-order valence-corrected chi connectivity index (χ2v) is 3.24. The molecule has 2 amide bonds. The van der Waals surface area contributed by atoms with Crippen molar-refractivity contribution in [1.29, 1.82) is 0 Å². The van der Waals surface area contributed by atoms with E-state index < -0.39 is 0 Å². The lowest BCUT2D eigenvalue weighted by Crippen LogP contribution is -2.26. The number of para-hydroxylation sites is 1. The van der Waals surface area contributed by atoms with Crippen LogP contribution >= 0.6 is 0 Å². The van der Waals surface area contributed by atoms with Gasteiger partial charge in [-0.25, -0.2) is 4.99 Å². The van der Waals surface area contributed by atoms with E-state index in [0.717, 1.165) is 17.5 Å². The summed E-state index contributed by atoms with van der Waals surface area (Å²) < 4.78 is 5.18. The Morgan fingerprint density at radius 2 is 2.24 bits per heavy atom. The summed E-state index contributed by atoms with van der Waals surface area (Å²) in [6, 6.07) is 7.60. The predicted molar refractivity (Wildman–Crippen MR) is 64.3 cm³/mol. The zero-order valence-electron chi connectivity index (χ0n) is 9.55. The van der Waals surface area contributed by atoms with Gasteiger partial charge in [0.05, 0.1) is 13.3 Å². The molecular weight excluding hydrogens is 220 g/mol. The third-order valence-corrected chi connectivity index (χ3v) is 2.14. The molecule has 0 fully saturated rings. The number of nitrogens with zero attached hydrogens (tertiary/aromatic N) is 1. The zero-order chi connectivity index (χ0) is 12.5. The van der Waals surface area contributed by atoms with Gasteiger partial charge in [-0.1, -0.05) is 18.2 Å². The Hall–Kier alpha value is -2.17. The zero-order valence-corrected chi connectivity index (χ0v) is 9.55. The molecule has 0 bridgehead atoms. The quantitative estimate of drug-likeness (QED) is 0.578. The Morgan fingerprint density at radius 1 is 1.47 bits per heavy atom. The molecule has 0 aliphatic carbocycles. The maximum absolute atomic E-state index is 11.1. The monoisotopic (exact) mass is 234 g/mol. The lowest BCUT2D eigenvalue weighted by molar-refractivity contribution is -0.114. The van der Waals surface area contributed by atoms with Crippen molar-refractivity contribution in [2.75, 3.05) is 13.7 Å². The van der Waals surface area contributed by atoms with Crippen LogP contribution in [0.4, 0.5) is 0 Å². The fraction of sp³-hybridized carbons (Fsp3) is 0.250. The molecule has 1 aromatic carbocycles. The van der Waals surface area contributed by atoms with Gasteiger partial charge in [-0.15, -0.1) is 0 Å². The number of carbonyl (C=O) groups is 2. The molecule has 1 rings (SSSR count). The third-order valence-electron chi connectivity index (χ3n) is 2.14. The van der Waals surface area contributed by atoms with Gasteiger partial charge < -0.3 is 10.1 Å². The molecule has 5 nitrogen and oxygen atoms in total. The van der Waals surface area contributed by atoms with Crippen molar-refractivity contribution in [3.05, 3.63) is 29.8 Å². The summed E-state index contributed by atoms with van der Waals surface area (Å²) >= 11 is 0. The van der Waals surface area contributed by atoms with Gasteiger partial charge in [0.2, 0.25) is 6.41 Å². The average molecular weight is 234 g/mol. The Kier molecular flexibility index (Phi) is 5.43. The average Bonchev–Trinajstić information content (AvgIpc) is 2.37. The smallest absolute Gasteiger partial charge is 0.262 e. The van der Waals surface area contributed by atoms with Crippen LogP contribution in [-0.4, -0.2) is 32.2 Å². The summed E-state index contributed by atoms with van der Waals surface area (Å²) in [6.45, 7) is 0.462. The molecule has 1 N–H and O–H groups in total. The van der Waals surface area contributed by atoms with E-state index in [1.165, 1.54) is 0 Å². The van der Waals surface area contributed by atoms with Crippen LogP contribution < -0.4 is 10.1 Å². The molecule has 0 aliphatic rings. The van der Waals surface area contributed by atoms with E-state index in [1.807, 2.05) is 24.3 Å². The number of hydrogen-bond donors (Lipinski definition) is 1. The fourth-order valence-electron chi connectivity index (χ4n) is 1.37. The van der Waals surface area contributed by atoms with Crippen LogP contribution in [0.1, 0.15) is 5.56 Å². The van der Waals surface area contributed by atoms with E-state index in [4.69, 9.17) is 4.74 Å². The highest BCUT2D eigenvalue weighted by molar-refractivity contribution is 6.27. The van der Waals surface area contributed by atoms with Crippen molar-refractivity contribution in [2.24, 2.45) is 4.99 Å². The standard InChI is InChI=1S/C12H14N2O3/c1-17-11-5-3-2-4-10(11)6-7-14-12(16)8-13-9-15/h2-5,8-9H,6-7H2,1H3,(H,14,16). The topological polar surface area (TPSA) is 67.8 Å². The number of amides is 2. The van der Waals surface area contributed by atoms with Gasteiger partial charge in [-0.05, 0) is 18.1 Å². The van der Waals surface area contributed by atoms with Gasteiger partial charge in [0, 0.05) is 6.54 Å². The number of aliphatic imine (C=N–C) groups is 1. The third kappa shape index (κ3) is 4.46. The Bertz CT molecular complexity index is 416. The molecule has 0 aromatic heterocycles. The molecule has 5 heteroatoms. The minimum absolute atomic E-state index is 0.319. The summed E-state index contributed by atoms with van der Waals surface area (Å²) in [5.74, 6) is 0.412. The summed E-state index contributed by atoms with van der Waals surface area (Å²) in [5, 5.41) is 2.61. The van der Waals surface area contributed by atoms with Gasteiger partial charge in [-0.3, -0.25) is 9.59 Å². The highest BCUT2D eigenvalue weighted by atomic mass is 16.5. The van der Waals surface area contributed by atoms with E-state index in [9.17, 15) is 9.59 Å². The molecule has 1 aromatic rings. The number of carbonyl (C=O) groups excluding carboxylic acids is 2. The van der Waals surface area contributed by atoms with Crippen molar-refractivity contribution < 1.29 is 14.3 Å². The van der Waals surface area contributed by atoms with E-state index in [-0.39, 0.29) is 5.91 Å². The summed E-state index contributed by atoms with van der Waals surface area (Å²) in [5.41, 5.74) is 1.02. The van der Waals surface area contributed by atoms with Gasteiger partial charge in [0.15, 0.2) is 0 Å². The second-order valence-electron chi connectivity index (χ2n) is 3.24. The lowest BCUT2D eigenvalue weighted by Gasteiger charge is -2.07.